The molecule has 1 heterocycles. The number of carbonyl (C=O) groups is 2. The highest BCUT2D eigenvalue weighted by atomic mass is 16.2. The molecule has 1 aromatic rings. The van der Waals surface area contributed by atoms with Crippen molar-refractivity contribution in [3.8, 4) is 0 Å². The summed E-state index contributed by atoms with van der Waals surface area (Å²) in [6.45, 7) is 2.39. The van der Waals surface area contributed by atoms with Crippen molar-refractivity contribution in [1.29, 1.82) is 0 Å². The van der Waals surface area contributed by atoms with E-state index in [9.17, 15) is 9.59 Å². The Hall–Kier alpha value is -2.10. The average molecular weight is 296 g/mol. The molecule has 2 fully saturated rings. The van der Waals surface area contributed by atoms with Gasteiger partial charge in [0.25, 0.3) is 0 Å². The summed E-state index contributed by atoms with van der Waals surface area (Å²) in [7, 11) is 0. The second-order valence-corrected chi connectivity index (χ2v) is 6.49. The average Bonchev–Trinajstić information content (AvgIpc) is 3.21. The van der Waals surface area contributed by atoms with Crippen molar-refractivity contribution in [2.45, 2.75) is 19.8 Å². The first-order valence-corrected chi connectivity index (χ1v) is 8.05. The fourth-order valence-corrected chi connectivity index (χ4v) is 4.15. The molecule has 4 rings (SSSR count). The van der Waals surface area contributed by atoms with E-state index in [0.29, 0.717) is 0 Å². The largest absolute Gasteiger partial charge is 0.367 e. The molecule has 2 aliphatic carbocycles. The lowest BCUT2D eigenvalue weighted by Gasteiger charge is -2.18. The van der Waals surface area contributed by atoms with Crippen LogP contribution in [0.1, 0.15) is 18.9 Å². The number of allylic oxidation sites excluding steroid dienone is 2. The third-order valence-corrected chi connectivity index (χ3v) is 5.37. The summed E-state index contributed by atoms with van der Waals surface area (Å²) in [5.74, 6) is 0.355. The molecule has 3 aliphatic rings. The van der Waals surface area contributed by atoms with E-state index in [4.69, 9.17) is 0 Å². The third kappa shape index (κ3) is 1.90. The number of amides is 2. The second kappa shape index (κ2) is 4.97. The molecule has 4 nitrogen and oxygen atoms in total. The van der Waals surface area contributed by atoms with Crippen molar-refractivity contribution < 1.29 is 9.59 Å². The highest BCUT2D eigenvalue weighted by Gasteiger charge is 2.59. The minimum atomic E-state index is -0.105. The van der Waals surface area contributed by atoms with Gasteiger partial charge in [-0.3, -0.25) is 14.5 Å². The molecule has 2 bridgehead atoms. The van der Waals surface area contributed by atoms with Crippen LogP contribution in [-0.4, -0.2) is 23.4 Å². The third-order valence-electron chi connectivity index (χ3n) is 5.37. The first kappa shape index (κ1) is 13.6. The van der Waals surface area contributed by atoms with Crippen LogP contribution in [0.2, 0.25) is 0 Å². The summed E-state index contributed by atoms with van der Waals surface area (Å²) in [5, 5.41) is 3.20. The van der Waals surface area contributed by atoms with E-state index < -0.39 is 0 Å². The summed E-state index contributed by atoms with van der Waals surface area (Å²) in [5.41, 5.74) is 2.21. The lowest BCUT2D eigenvalue weighted by atomic mass is 9.85. The Bertz CT molecular complexity index is 620. The Balaban J connectivity index is 1.45. The molecular weight excluding hydrogens is 276 g/mol. The summed E-state index contributed by atoms with van der Waals surface area (Å²) >= 11 is 0. The molecule has 2 amide bonds. The van der Waals surface area contributed by atoms with Gasteiger partial charge < -0.3 is 5.32 Å². The van der Waals surface area contributed by atoms with Gasteiger partial charge in [0.15, 0.2) is 0 Å². The van der Waals surface area contributed by atoms with Crippen molar-refractivity contribution in [3.05, 3.63) is 42.0 Å². The molecule has 0 spiro atoms. The zero-order valence-corrected chi connectivity index (χ0v) is 12.7. The molecule has 0 unspecified atom stereocenters. The number of fused-ring (bicyclic) bond motifs is 5. The predicted octanol–water partition coefficient (Wildman–Crippen LogP) is 2.43. The number of anilines is 1. The summed E-state index contributed by atoms with van der Waals surface area (Å²) in [4.78, 5) is 26.5. The molecule has 4 heteroatoms. The van der Waals surface area contributed by atoms with Crippen LogP contribution < -0.4 is 5.32 Å². The zero-order valence-electron chi connectivity index (χ0n) is 12.7. The molecule has 1 saturated carbocycles. The van der Waals surface area contributed by atoms with E-state index in [0.717, 1.165) is 18.5 Å². The lowest BCUT2D eigenvalue weighted by Crippen LogP contribution is -2.37. The molecule has 1 aromatic carbocycles. The number of imide groups is 1. The highest BCUT2D eigenvalue weighted by molar-refractivity contribution is 6.06. The maximum Gasteiger partial charge on any atom is 0.235 e. The van der Waals surface area contributed by atoms with Crippen LogP contribution in [0.3, 0.4) is 0 Å². The standard InChI is InChI=1S/C18H20N2O2/c1-2-11-3-7-14(8-4-11)19-10-20-17(21)15-12-5-6-13(9-12)16(15)18(20)22/h3-8,12-13,15-16,19H,2,9-10H2,1H3/t12-,13-,15+,16+/m0/s1. The SMILES string of the molecule is CCc1ccc(NCN2C(=O)[C@H]3[C@H](C2=O)[C@H]2C=C[C@H]3C2)cc1. The van der Waals surface area contributed by atoms with Gasteiger partial charge in [-0.2, -0.15) is 0 Å². The van der Waals surface area contributed by atoms with Gasteiger partial charge in [-0.15, -0.1) is 0 Å². The minimum Gasteiger partial charge on any atom is -0.367 e. The maximum atomic E-state index is 12.5. The lowest BCUT2D eigenvalue weighted by molar-refractivity contribution is -0.140. The topological polar surface area (TPSA) is 49.4 Å². The van der Waals surface area contributed by atoms with Crippen molar-refractivity contribution in [2.24, 2.45) is 23.7 Å². The van der Waals surface area contributed by atoms with E-state index >= 15 is 0 Å². The molecular formula is C18H20N2O2. The fourth-order valence-electron chi connectivity index (χ4n) is 4.15. The van der Waals surface area contributed by atoms with Gasteiger partial charge in [0.05, 0.1) is 18.5 Å². The predicted molar refractivity (Wildman–Crippen MR) is 83.9 cm³/mol. The van der Waals surface area contributed by atoms with Crippen LogP contribution in [0.4, 0.5) is 5.69 Å². The number of aryl methyl sites for hydroxylation is 1. The number of likely N-dealkylation sites (tertiary alicyclic amines) is 1. The van der Waals surface area contributed by atoms with Gasteiger partial charge in [0.2, 0.25) is 11.8 Å². The van der Waals surface area contributed by atoms with Crippen LogP contribution in [0.15, 0.2) is 36.4 Å². The van der Waals surface area contributed by atoms with Crippen LogP contribution in [-0.2, 0) is 16.0 Å². The van der Waals surface area contributed by atoms with E-state index in [2.05, 4.69) is 36.5 Å². The van der Waals surface area contributed by atoms with Crippen molar-refractivity contribution in [3.63, 3.8) is 0 Å². The number of hydrogen-bond donors (Lipinski definition) is 1. The molecule has 1 saturated heterocycles. The summed E-state index contributed by atoms with van der Waals surface area (Å²) < 4.78 is 0. The molecule has 0 aromatic heterocycles. The smallest absolute Gasteiger partial charge is 0.235 e. The van der Waals surface area contributed by atoms with Crippen LogP contribution in [0.25, 0.3) is 0 Å². The number of benzene rings is 1. The number of carbonyl (C=O) groups excluding carboxylic acids is 2. The van der Waals surface area contributed by atoms with Gasteiger partial charge in [-0.1, -0.05) is 31.2 Å². The van der Waals surface area contributed by atoms with E-state index in [1.165, 1.54) is 10.5 Å². The number of nitrogens with one attached hydrogen (secondary N) is 1. The van der Waals surface area contributed by atoms with Crippen LogP contribution >= 0.6 is 0 Å². The summed E-state index contributed by atoms with van der Waals surface area (Å²) in [6.07, 6.45) is 6.23. The first-order valence-electron chi connectivity index (χ1n) is 8.05. The maximum absolute atomic E-state index is 12.5. The number of hydrogen-bond acceptors (Lipinski definition) is 3. The van der Waals surface area contributed by atoms with Crippen LogP contribution in [0, 0.1) is 23.7 Å². The number of nitrogens with zero attached hydrogens (tertiary/aromatic N) is 1. The Morgan fingerprint density at radius 2 is 1.64 bits per heavy atom. The number of rotatable bonds is 4. The minimum absolute atomic E-state index is 0.00419. The van der Waals surface area contributed by atoms with Gasteiger partial charge in [-0.05, 0) is 42.4 Å². The molecule has 4 atom stereocenters. The monoisotopic (exact) mass is 296 g/mol. The summed E-state index contributed by atoms with van der Waals surface area (Å²) in [6, 6.07) is 8.12. The van der Waals surface area contributed by atoms with E-state index in [-0.39, 0.29) is 42.2 Å². The fraction of sp³-hybridized carbons (Fsp3) is 0.444. The van der Waals surface area contributed by atoms with Crippen molar-refractivity contribution in [1.82, 2.24) is 4.90 Å². The quantitative estimate of drug-likeness (QED) is 0.686. The van der Waals surface area contributed by atoms with Crippen molar-refractivity contribution in [2.75, 3.05) is 12.0 Å². The Morgan fingerprint density at radius 1 is 1.05 bits per heavy atom. The molecule has 0 radical (unpaired) electrons. The molecule has 1 N–H and O–H groups in total. The molecule has 1 aliphatic heterocycles. The zero-order chi connectivity index (χ0) is 15.3. The Kier molecular flexibility index (Phi) is 3.06. The van der Waals surface area contributed by atoms with Gasteiger partial charge >= 0.3 is 0 Å². The van der Waals surface area contributed by atoms with Gasteiger partial charge in [0, 0.05) is 5.69 Å². The van der Waals surface area contributed by atoms with E-state index in [1.807, 2.05) is 12.1 Å². The molecule has 114 valence electrons. The Morgan fingerprint density at radius 3 is 2.18 bits per heavy atom. The van der Waals surface area contributed by atoms with E-state index in [1.54, 1.807) is 0 Å². The normalized spacial score (nSPS) is 32.0. The second-order valence-electron chi connectivity index (χ2n) is 6.49. The van der Waals surface area contributed by atoms with Crippen molar-refractivity contribution >= 4 is 17.5 Å². The Labute approximate surface area is 130 Å². The molecule has 22 heavy (non-hydrogen) atoms. The highest BCUT2D eigenvalue weighted by Crippen LogP contribution is 2.52. The van der Waals surface area contributed by atoms with Gasteiger partial charge in [0.1, 0.15) is 0 Å². The van der Waals surface area contributed by atoms with Crippen LogP contribution in [0.5, 0.6) is 0 Å². The first-order chi connectivity index (χ1) is 10.7. The van der Waals surface area contributed by atoms with Gasteiger partial charge in [-0.25, -0.2) is 0 Å².